The zero-order valence-electron chi connectivity index (χ0n) is 12.5. The van der Waals surface area contributed by atoms with Gasteiger partial charge in [-0.2, -0.15) is 0 Å². The van der Waals surface area contributed by atoms with Crippen LogP contribution >= 0.6 is 0 Å². The molecule has 1 atom stereocenters. The maximum Gasteiger partial charge on any atom is 0.242 e. The van der Waals surface area contributed by atoms with Crippen molar-refractivity contribution in [1.29, 1.82) is 0 Å². The molecule has 0 amide bonds. The van der Waals surface area contributed by atoms with E-state index in [4.69, 9.17) is 5.73 Å². The highest BCUT2D eigenvalue weighted by atomic mass is 32.2. The van der Waals surface area contributed by atoms with Crippen LogP contribution < -0.4 is 11.1 Å². The number of sulfonamides is 1. The molecule has 1 unspecified atom stereocenters. The van der Waals surface area contributed by atoms with Crippen LogP contribution in [-0.2, 0) is 10.0 Å². The van der Waals surface area contributed by atoms with Gasteiger partial charge in [0.05, 0.1) is 16.3 Å². The Balaban J connectivity index is 2.11. The summed E-state index contributed by atoms with van der Waals surface area (Å²) < 4.78 is 25.2. The van der Waals surface area contributed by atoms with Crippen molar-refractivity contribution in [2.24, 2.45) is 11.3 Å². The number of rotatable bonds is 5. The predicted molar refractivity (Wildman–Crippen MR) is 82.1 cm³/mol. The first-order valence-corrected chi connectivity index (χ1v) is 8.14. The summed E-state index contributed by atoms with van der Waals surface area (Å²) in [6.45, 7) is 5.36. The molecule has 0 heterocycles. The van der Waals surface area contributed by atoms with Crippen molar-refractivity contribution >= 4 is 21.4 Å². The van der Waals surface area contributed by atoms with Gasteiger partial charge in [-0.3, -0.25) is 0 Å². The van der Waals surface area contributed by atoms with Gasteiger partial charge < -0.3 is 11.1 Å². The molecule has 3 N–H and O–H groups in total. The summed E-state index contributed by atoms with van der Waals surface area (Å²) in [4.78, 5) is 0.220. The maximum absolute atomic E-state index is 12.0. The largest absolute Gasteiger partial charge is 0.397 e. The zero-order valence-corrected chi connectivity index (χ0v) is 13.3. The molecule has 112 valence electrons. The lowest BCUT2D eigenvalue weighted by atomic mass is 10.1. The average Bonchev–Trinajstić information content (AvgIpc) is 2.95. The first-order valence-electron chi connectivity index (χ1n) is 6.70. The minimum absolute atomic E-state index is 0.220. The highest BCUT2D eigenvalue weighted by Gasteiger charge is 2.44. The molecule has 1 fully saturated rings. The molecule has 0 spiro atoms. The van der Waals surface area contributed by atoms with Gasteiger partial charge in [-0.1, -0.05) is 13.8 Å². The topological polar surface area (TPSA) is 75.4 Å². The van der Waals surface area contributed by atoms with Gasteiger partial charge in [0.25, 0.3) is 0 Å². The lowest BCUT2D eigenvalue weighted by molar-refractivity contribution is 0.521. The monoisotopic (exact) mass is 297 g/mol. The summed E-state index contributed by atoms with van der Waals surface area (Å²) in [5, 5.41) is 3.30. The standard InChI is InChI=1S/C14H23N3O2S/c1-14(2)8-10(14)9-16-13-6-5-11(7-12(13)15)20(18,19)17(3)4/h5-7,10,16H,8-9,15H2,1-4H3. The van der Waals surface area contributed by atoms with E-state index in [0.29, 0.717) is 17.0 Å². The van der Waals surface area contributed by atoms with E-state index in [1.807, 2.05) is 0 Å². The molecular formula is C14H23N3O2S. The number of nitrogens with two attached hydrogens (primary N) is 1. The fourth-order valence-corrected chi connectivity index (χ4v) is 3.17. The third kappa shape index (κ3) is 2.91. The Bertz CT molecular complexity index is 609. The third-order valence-corrected chi connectivity index (χ3v) is 5.87. The molecule has 1 aliphatic rings. The van der Waals surface area contributed by atoms with Crippen molar-refractivity contribution in [1.82, 2.24) is 4.31 Å². The molecule has 0 radical (unpaired) electrons. The Morgan fingerprint density at radius 1 is 1.40 bits per heavy atom. The second-order valence-electron chi connectivity index (χ2n) is 6.31. The van der Waals surface area contributed by atoms with Crippen LogP contribution in [0.15, 0.2) is 23.1 Å². The van der Waals surface area contributed by atoms with Gasteiger partial charge in [-0.25, -0.2) is 12.7 Å². The van der Waals surface area contributed by atoms with Crippen LogP contribution in [0.3, 0.4) is 0 Å². The van der Waals surface area contributed by atoms with Gasteiger partial charge in [0.2, 0.25) is 10.0 Å². The Morgan fingerprint density at radius 3 is 2.45 bits per heavy atom. The van der Waals surface area contributed by atoms with Crippen LogP contribution in [0, 0.1) is 11.3 Å². The van der Waals surface area contributed by atoms with Gasteiger partial charge in [-0.15, -0.1) is 0 Å². The molecule has 1 aromatic rings. The minimum atomic E-state index is -3.43. The van der Waals surface area contributed by atoms with E-state index in [0.717, 1.165) is 12.2 Å². The number of hydrogen-bond acceptors (Lipinski definition) is 4. The summed E-state index contributed by atoms with van der Waals surface area (Å²) >= 11 is 0. The molecule has 2 rings (SSSR count). The van der Waals surface area contributed by atoms with E-state index < -0.39 is 10.0 Å². The summed E-state index contributed by atoms with van der Waals surface area (Å²) in [6, 6.07) is 4.84. The number of anilines is 2. The molecule has 20 heavy (non-hydrogen) atoms. The normalized spacial score (nSPS) is 20.9. The lowest BCUT2D eigenvalue weighted by Crippen LogP contribution is -2.22. The van der Waals surface area contributed by atoms with Crippen molar-refractivity contribution in [2.75, 3.05) is 31.7 Å². The molecule has 0 aromatic heterocycles. The van der Waals surface area contributed by atoms with Crippen molar-refractivity contribution in [3.63, 3.8) is 0 Å². The molecule has 0 aliphatic heterocycles. The zero-order chi connectivity index (χ0) is 15.1. The van der Waals surface area contributed by atoms with Crippen LogP contribution in [0.1, 0.15) is 20.3 Å². The van der Waals surface area contributed by atoms with Crippen LogP contribution in [0.5, 0.6) is 0 Å². The van der Waals surface area contributed by atoms with Crippen molar-refractivity contribution in [3.05, 3.63) is 18.2 Å². The number of benzene rings is 1. The van der Waals surface area contributed by atoms with Crippen LogP contribution in [0.4, 0.5) is 11.4 Å². The Kier molecular flexibility index (Phi) is 3.73. The second kappa shape index (κ2) is 4.93. The highest BCUT2D eigenvalue weighted by molar-refractivity contribution is 7.89. The van der Waals surface area contributed by atoms with E-state index in [-0.39, 0.29) is 4.90 Å². The SMILES string of the molecule is CN(C)S(=O)(=O)c1ccc(NCC2CC2(C)C)c(N)c1. The van der Waals surface area contributed by atoms with Gasteiger partial charge in [0, 0.05) is 20.6 Å². The van der Waals surface area contributed by atoms with E-state index in [2.05, 4.69) is 19.2 Å². The average molecular weight is 297 g/mol. The maximum atomic E-state index is 12.0. The van der Waals surface area contributed by atoms with Crippen LogP contribution in [0.25, 0.3) is 0 Å². The molecule has 0 saturated heterocycles. The molecule has 0 bridgehead atoms. The molecular weight excluding hydrogens is 274 g/mol. The van der Waals surface area contributed by atoms with Gasteiger partial charge in [0.15, 0.2) is 0 Å². The summed E-state index contributed by atoms with van der Waals surface area (Å²) in [5.74, 6) is 0.659. The number of nitrogens with one attached hydrogen (secondary N) is 1. The summed E-state index contributed by atoms with van der Waals surface area (Å²) in [6.07, 6.45) is 1.22. The quantitative estimate of drug-likeness (QED) is 0.815. The molecule has 6 heteroatoms. The van der Waals surface area contributed by atoms with E-state index in [1.54, 1.807) is 12.1 Å². The summed E-state index contributed by atoms with van der Waals surface area (Å²) in [7, 11) is -0.414. The number of hydrogen-bond donors (Lipinski definition) is 2. The minimum Gasteiger partial charge on any atom is -0.397 e. The second-order valence-corrected chi connectivity index (χ2v) is 8.46. The molecule has 1 aromatic carbocycles. The third-order valence-electron chi connectivity index (χ3n) is 4.06. The number of nitrogen functional groups attached to an aromatic ring is 1. The Labute approximate surface area is 121 Å². The molecule has 5 nitrogen and oxygen atoms in total. The predicted octanol–water partition coefficient (Wildman–Crippen LogP) is 1.98. The smallest absolute Gasteiger partial charge is 0.242 e. The molecule has 1 aliphatic carbocycles. The van der Waals surface area contributed by atoms with Crippen LogP contribution in [-0.4, -0.2) is 33.4 Å². The van der Waals surface area contributed by atoms with Crippen molar-refractivity contribution in [3.8, 4) is 0 Å². The number of nitrogens with zero attached hydrogens (tertiary/aromatic N) is 1. The first kappa shape index (κ1) is 15.1. The first-order chi connectivity index (χ1) is 9.14. The van der Waals surface area contributed by atoms with Crippen molar-refractivity contribution in [2.45, 2.75) is 25.2 Å². The van der Waals surface area contributed by atoms with Gasteiger partial charge in [0.1, 0.15) is 0 Å². The van der Waals surface area contributed by atoms with Crippen molar-refractivity contribution < 1.29 is 8.42 Å². The van der Waals surface area contributed by atoms with E-state index in [9.17, 15) is 8.42 Å². The Morgan fingerprint density at radius 2 is 2.00 bits per heavy atom. The van der Waals surface area contributed by atoms with E-state index in [1.165, 1.54) is 30.9 Å². The highest BCUT2D eigenvalue weighted by Crippen LogP contribution is 2.51. The summed E-state index contributed by atoms with van der Waals surface area (Å²) in [5.41, 5.74) is 7.62. The fourth-order valence-electron chi connectivity index (χ4n) is 2.23. The van der Waals surface area contributed by atoms with Gasteiger partial charge >= 0.3 is 0 Å². The fraction of sp³-hybridized carbons (Fsp3) is 0.571. The van der Waals surface area contributed by atoms with Gasteiger partial charge in [-0.05, 0) is 36.0 Å². The van der Waals surface area contributed by atoms with E-state index >= 15 is 0 Å². The lowest BCUT2D eigenvalue weighted by Gasteiger charge is -2.14. The Hall–Kier alpha value is -1.27. The molecule has 1 saturated carbocycles. The van der Waals surface area contributed by atoms with Crippen LogP contribution in [0.2, 0.25) is 0 Å².